The average molecular weight is 806 g/mol. The van der Waals surface area contributed by atoms with E-state index in [0.717, 1.165) is 28.9 Å². The Kier molecular flexibility index (Phi) is 11.3. The molecule has 0 spiro atoms. The van der Waals surface area contributed by atoms with Crippen molar-refractivity contribution in [3.05, 3.63) is 82.1 Å². The number of ether oxygens (including phenoxy) is 8. The molecule has 16 nitrogen and oxygen atoms in total. The van der Waals surface area contributed by atoms with E-state index in [2.05, 4.69) is 13.8 Å². The van der Waals surface area contributed by atoms with Gasteiger partial charge in [0, 0.05) is 34.7 Å². The molecule has 0 aliphatic carbocycles. The molecule has 5 heterocycles. The normalized spacial score (nSPS) is 26.9. The Morgan fingerprint density at radius 2 is 1.78 bits per heavy atom. The van der Waals surface area contributed by atoms with E-state index in [9.17, 15) is 19.8 Å². The first-order valence-corrected chi connectivity index (χ1v) is 19.5. The van der Waals surface area contributed by atoms with E-state index in [1.54, 1.807) is 18.2 Å². The zero-order valence-corrected chi connectivity index (χ0v) is 32.3. The zero-order valence-electron chi connectivity index (χ0n) is 32.3. The quantitative estimate of drug-likeness (QED) is 0.121. The van der Waals surface area contributed by atoms with Crippen LogP contribution in [0.25, 0.3) is 0 Å². The number of carboxylic acids is 1. The van der Waals surface area contributed by atoms with Crippen LogP contribution in [-0.4, -0.2) is 91.1 Å². The number of phenols is 1. The summed E-state index contributed by atoms with van der Waals surface area (Å²) < 4.78 is 48.3. The lowest BCUT2D eigenvalue weighted by molar-refractivity contribution is -0.372. The van der Waals surface area contributed by atoms with Crippen molar-refractivity contribution in [1.82, 2.24) is 0 Å². The van der Waals surface area contributed by atoms with Gasteiger partial charge in [-0.2, -0.15) is 4.89 Å². The van der Waals surface area contributed by atoms with Crippen LogP contribution in [-0.2, 0) is 46.3 Å². The molecule has 0 unspecified atom stereocenters. The second kappa shape index (κ2) is 16.5. The molecule has 0 aromatic heterocycles. The van der Waals surface area contributed by atoms with Gasteiger partial charge in [0.25, 0.3) is 0 Å². The van der Waals surface area contributed by atoms with Gasteiger partial charge in [0.05, 0.1) is 25.4 Å². The van der Waals surface area contributed by atoms with Crippen molar-refractivity contribution in [2.75, 3.05) is 33.2 Å². The number of rotatable bonds is 11. The van der Waals surface area contributed by atoms with Crippen molar-refractivity contribution >= 4 is 11.9 Å². The number of carboxylic acid groups (broad SMARTS) is 1. The van der Waals surface area contributed by atoms with Gasteiger partial charge in [-0.3, -0.25) is 9.59 Å². The lowest BCUT2D eigenvalue weighted by Gasteiger charge is -2.42. The molecule has 0 amide bonds. The molecule has 8 atom stereocenters. The number of aliphatic hydroxyl groups is 1. The Morgan fingerprint density at radius 3 is 2.55 bits per heavy atom. The molecule has 0 bridgehead atoms. The van der Waals surface area contributed by atoms with Crippen LogP contribution in [0.2, 0.25) is 0 Å². The van der Waals surface area contributed by atoms with Crippen molar-refractivity contribution in [3.63, 3.8) is 0 Å². The minimum atomic E-state index is -1.48. The van der Waals surface area contributed by atoms with Gasteiger partial charge in [-0.05, 0) is 66.3 Å². The van der Waals surface area contributed by atoms with E-state index < -0.39 is 67.7 Å². The molecule has 3 aromatic carbocycles. The van der Waals surface area contributed by atoms with Crippen LogP contribution in [0.3, 0.4) is 0 Å². The maximum atomic E-state index is 12.1. The van der Waals surface area contributed by atoms with Crippen molar-refractivity contribution in [2.24, 2.45) is 11.7 Å². The van der Waals surface area contributed by atoms with E-state index in [1.807, 2.05) is 31.2 Å². The molecule has 5 N–H and O–H groups in total. The van der Waals surface area contributed by atoms with Crippen LogP contribution in [0.4, 0.5) is 0 Å². The summed E-state index contributed by atoms with van der Waals surface area (Å²) in [4.78, 5) is 35.5. The Bertz CT molecular complexity index is 2070. The largest absolute Gasteiger partial charge is 0.508 e. The van der Waals surface area contributed by atoms with E-state index >= 15 is 0 Å². The van der Waals surface area contributed by atoms with Gasteiger partial charge < -0.3 is 63.8 Å². The smallest absolute Gasteiger partial charge is 0.317 e. The molecule has 1 saturated heterocycles. The second-order valence-corrected chi connectivity index (χ2v) is 15.3. The zero-order chi connectivity index (χ0) is 40.7. The van der Waals surface area contributed by atoms with Crippen LogP contribution < -0.4 is 29.6 Å². The van der Waals surface area contributed by atoms with Gasteiger partial charge >= 0.3 is 11.9 Å². The third-order valence-electron chi connectivity index (χ3n) is 10.8. The number of carbonyl (C=O) groups excluding carboxylic acids is 1. The summed E-state index contributed by atoms with van der Waals surface area (Å²) in [6.45, 7) is 6.38. The summed E-state index contributed by atoms with van der Waals surface area (Å²) >= 11 is 0. The molecule has 8 rings (SSSR count). The number of aromatic hydroxyl groups is 1. The summed E-state index contributed by atoms with van der Waals surface area (Å²) in [5.41, 5.74) is 10.6. The Morgan fingerprint density at radius 1 is 0.966 bits per heavy atom. The Hall–Kier alpha value is -5.26. The lowest BCUT2D eigenvalue weighted by Crippen LogP contribution is -2.61. The summed E-state index contributed by atoms with van der Waals surface area (Å²) in [7, 11) is 0. The molecule has 5 aliphatic heterocycles. The first kappa shape index (κ1) is 39.6. The highest BCUT2D eigenvalue weighted by Crippen LogP contribution is 2.58. The first-order chi connectivity index (χ1) is 28.0. The van der Waals surface area contributed by atoms with Gasteiger partial charge in [0.1, 0.15) is 48.6 Å². The topological polar surface area (TPSA) is 213 Å². The molecule has 0 radical (unpaired) electrons. The number of hydrogen-bond donors (Lipinski definition) is 4. The number of benzene rings is 3. The summed E-state index contributed by atoms with van der Waals surface area (Å²) in [6, 6.07) is 11.0. The predicted molar refractivity (Wildman–Crippen MR) is 201 cm³/mol. The molecular formula is C42H47NO15. The lowest BCUT2D eigenvalue weighted by atomic mass is 9.84. The van der Waals surface area contributed by atoms with E-state index in [4.69, 9.17) is 58.5 Å². The van der Waals surface area contributed by atoms with Crippen molar-refractivity contribution < 1.29 is 72.6 Å². The third-order valence-corrected chi connectivity index (χ3v) is 10.8. The van der Waals surface area contributed by atoms with Crippen molar-refractivity contribution in [3.8, 4) is 34.5 Å². The standard InChI is InChI=1S/C42H47NO15/c1-4-21-10-22(12-23(44)11-21)24-5-7-49-40-36(48)33(18-52-35(47)16-34(45)46)55-42(50-8-6-43)41(40)58-57-31-15-27-30(13-25(24)31)51-17-29-26-14-32-39(54-19-53-32)28(9-20(2)3)37(26)56-38(27)29/h5,7,10-15,20,24,29,33,36,38,40-42,44,48H,4,6,8-9,16-19,43H2,1-3H3,(H,45,46)/b7-5-/t24-,29-,33-,36-,38-,40+,41-,42-/m1/s1. The first-order valence-electron chi connectivity index (χ1n) is 19.5. The maximum absolute atomic E-state index is 12.1. The highest BCUT2D eigenvalue weighted by atomic mass is 17.2. The van der Waals surface area contributed by atoms with E-state index in [-0.39, 0.29) is 37.4 Å². The number of allylic oxidation sites excluding steroid dienone is 1. The van der Waals surface area contributed by atoms with Crippen LogP contribution in [0.5, 0.6) is 34.5 Å². The van der Waals surface area contributed by atoms with E-state index in [0.29, 0.717) is 52.9 Å². The minimum Gasteiger partial charge on any atom is -0.508 e. The van der Waals surface area contributed by atoms with Gasteiger partial charge in [-0.25, -0.2) is 0 Å². The minimum absolute atomic E-state index is 0.0226. The maximum Gasteiger partial charge on any atom is 0.317 e. The number of aliphatic carboxylic acids is 1. The fourth-order valence-electron chi connectivity index (χ4n) is 8.14. The molecule has 5 aliphatic rings. The van der Waals surface area contributed by atoms with Crippen molar-refractivity contribution in [2.45, 2.75) is 88.7 Å². The predicted octanol–water partition coefficient (Wildman–Crippen LogP) is 4.29. The molecule has 3 aromatic rings. The molecule has 310 valence electrons. The fraction of sp³-hybridized carbons (Fsp3) is 0.476. The molecule has 58 heavy (non-hydrogen) atoms. The average Bonchev–Trinajstić information content (AvgIpc) is 3.82. The molecule has 0 saturated carbocycles. The van der Waals surface area contributed by atoms with Gasteiger partial charge in [-0.1, -0.05) is 26.8 Å². The fourth-order valence-corrected chi connectivity index (χ4v) is 8.14. The number of hydrogen-bond acceptors (Lipinski definition) is 15. The van der Waals surface area contributed by atoms with E-state index in [1.165, 1.54) is 6.26 Å². The number of nitrogens with two attached hydrogens (primary N) is 1. The Labute approximate surface area is 334 Å². The number of aryl methyl sites for hydroxylation is 1. The number of fused-ring (bicyclic) bond motifs is 8. The summed E-state index contributed by atoms with van der Waals surface area (Å²) in [5, 5.41) is 31.4. The number of phenolic OH excluding ortho intramolecular Hbond substituents is 1. The summed E-state index contributed by atoms with van der Waals surface area (Å²) in [6.07, 6.45) is -3.12. The van der Waals surface area contributed by atoms with Crippen LogP contribution in [0, 0.1) is 5.92 Å². The number of esters is 1. The highest BCUT2D eigenvalue weighted by molar-refractivity contribution is 5.90. The molecular weight excluding hydrogens is 758 g/mol. The number of aliphatic hydroxyl groups excluding tert-OH is 1. The third kappa shape index (κ3) is 7.69. The second-order valence-electron chi connectivity index (χ2n) is 15.3. The van der Waals surface area contributed by atoms with Gasteiger partial charge in [0.2, 0.25) is 6.79 Å². The van der Waals surface area contributed by atoms with Gasteiger partial charge in [-0.15, -0.1) is 0 Å². The number of carbonyl (C=O) groups is 2. The Balaban J connectivity index is 1.18. The van der Waals surface area contributed by atoms with Gasteiger partial charge in [0.15, 0.2) is 35.7 Å². The molecule has 1 fully saturated rings. The van der Waals surface area contributed by atoms with Crippen molar-refractivity contribution in [1.29, 1.82) is 0 Å². The van der Waals surface area contributed by atoms with Crippen LogP contribution >= 0.6 is 0 Å². The highest BCUT2D eigenvalue weighted by Gasteiger charge is 2.51. The monoisotopic (exact) mass is 805 g/mol. The van der Waals surface area contributed by atoms with Crippen LogP contribution in [0.1, 0.15) is 78.5 Å². The summed E-state index contributed by atoms with van der Waals surface area (Å²) in [5.74, 6) is 0.237. The molecule has 16 heteroatoms. The van der Waals surface area contributed by atoms with Crippen LogP contribution in [0.15, 0.2) is 48.7 Å². The SMILES string of the molecule is CCc1cc(O)cc([C@H]2/C=C\O[C@H]3[C@H](O)[C@@H](COC(=O)CC(=O)O)O[C@@H](OCCN)[C@@H]3OOc3cc4c(cc32)OC[C@@H]2c3cc5c(c(CC(C)C)c3O[C@H]42)OCO5)c1.